The maximum absolute atomic E-state index is 2.61. The Morgan fingerprint density at radius 1 is 1.17 bits per heavy atom. The number of piperidine rings is 1. The lowest BCUT2D eigenvalue weighted by atomic mass is 10.0. The summed E-state index contributed by atoms with van der Waals surface area (Å²) in [6.45, 7) is 7.86. The summed E-state index contributed by atoms with van der Waals surface area (Å²) in [4.78, 5) is 5.04. The first-order chi connectivity index (χ1) is 5.86. The van der Waals surface area contributed by atoms with E-state index in [1.54, 1.807) is 0 Å². The fourth-order valence-corrected chi connectivity index (χ4v) is 2.18. The second kappa shape index (κ2) is 4.83. The second-order valence-electron chi connectivity index (χ2n) is 3.64. The molecule has 0 radical (unpaired) electrons. The third-order valence-electron chi connectivity index (χ3n) is 2.69. The fraction of sp³-hybridized carbons (Fsp3) is 1.00. The average molecular weight is 170 g/mol. The van der Waals surface area contributed by atoms with Crippen LogP contribution in [0.15, 0.2) is 0 Å². The lowest BCUT2D eigenvalue weighted by Crippen LogP contribution is -2.35. The minimum atomic E-state index is 0.902. The molecule has 0 bridgehead atoms. The third kappa shape index (κ3) is 2.20. The largest absolute Gasteiger partial charge is 0.292 e. The lowest BCUT2D eigenvalue weighted by Gasteiger charge is -2.27. The van der Waals surface area contributed by atoms with Crippen molar-refractivity contribution in [2.45, 2.75) is 39.2 Å². The van der Waals surface area contributed by atoms with Crippen LogP contribution in [0.4, 0.5) is 0 Å². The molecule has 2 heteroatoms. The normalized spacial score (nSPS) is 30.8. The van der Waals surface area contributed by atoms with E-state index in [0.29, 0.717) is 0 Å². The summed E-state index contributed by atoms with van der Waals surface area (Å²) in [5.41, 5.74) is 0. The Labute approximate surface area is 76.5 Å². The molecule has 0 aliphatic carbocycles. The highest BCUT2D eigenvalue weighted by Crippen LogP contribution is 2.21. The van der Waals surface area contributed by atoms with Gasteiger partial charge in [-0.05, 0) is 26.4 Å². The van der Waals surface area contributed by atoms with Crippen LogP contribution in [0.5, 0.6) is 0 Å². The number of rotatable bonds is 0. The Morgan fingerprint density at radius 3 is 2.58 bits per heavy atom. The molecule has 0 spiro atoms. The van der Waals surface area contributed by atoms with E-state index < -0.39 is 0 Å². The fourth-order valence-electron chi connectivity index (χ4n) is 2.18. The standard InChI is InChI=1S/C8H16N2.C2H6/c1-9-6-8-4-2-3-5-10(8)7-9;1-2/h8H,2-7H2,1H3;1-2H3. The van der Waals surface area contributed by atoms with Gasteiger partial charge in [0.05, 0.1) is 6.67 Å². The molecule has 2 nitrogen and oxygen atoms in total. The first-order valence-electron chi connectivity index (χ1n) is 5.29. The molecule has 2 fully saturated rings. The van der Waals surface area contributed by atoms with Crippen molar-refractivity contribution in [3.8, 4) is 0 Å². The topological polar surface area (TPSA) is 6.48 Å². The Bertz CT molecular complexity index is 111. The molecule has 0 amide bonds. The predicted molar refractivity (Wildman–Crippen MR) is 53.2 cm³/mol. The summed E-state index contributed by atoms with van der Waals surface area (Å²) in [5.74, 6) is 0. The van der Waals surface area contributed by atoms with E-state index in [-0.39, 0.29) is 0 Å². The number of fused-ring (bicyclic) bond motifs is 1. The highest BCUT2D eigenvalue weighted by atomic mass is 15.4. The van der Waals surface area contributed by atoms with Gasteiger partial charge in [-0.1, -0.05) is 20.3 Å². The maximum atomic E-state index is 2.61. The summed E-state index contributed by atoms with van der Waals surface area (Å²) in [6.07, 6.45) is 4.31. The molecular weight excluding hydrogens is 148 g/mol. The van der Waals surface area contributed by atoms with Crippen molar-refractivity contribution < 1.29 is 0 Å². The molecule has 0 aromatic carbocycles. The summed E-state index contributed by atoms with van der Waals surface area (Å²) >= 11 is 0. The van der Waals surface area contributed by atoms with Gasteiger partial charge in [0.15, 0.2) is 0 Å². The molecule has 72 valence electrons. The van der Waals surface area contributed by atoms with E-state index in [1.165, 1.54) is 39.0 Å². The molecule has 12 heavy (non-hydrogen) atoms. The van der Waals surface area contributed by atoms with Gasteiger partial charge in [0.25, 0.3) is 0 Å². The van der Waals surface area contributed by atoms with E-state index >= 15 is 0 Å². The summed E-state index contributed by atoms with van der Waals surface area (Å²) in [7, 11) is 2.22. The number of hydrogen-bond acceptors (Lipinski definition) is 2. The van der Waals surface area contributed by atoms with Crippen LogP contribution in [0.25, 0.3) is 0 Å². The quantitative estimate of drug-likeness (QED) is 0.546. The smallest absolute Gasteiger partial charge is 0.0507 e. The van der Waals surface area contributed by atoms with Gasteiger partial charge in [-0.3, -0.25) is 9.80 Å². The molecule has 0 aromatic rings. The van der Waals surface area contributed by atoms with Crippen molar-refractivity contribution in [3.05, 3.63) is 0 Å². The molecule has 0 N–H and O–H groups in total. The minimum Gasteiger partial charge on any atom is -0.292 e. The van der Waals surface area contributed by atoms with Gasteiger partial charge >= 0.3 is 0 Å². The zero-order chi connectivity index (χ0) is 8.97. The SMILES string of the molecule is CC.CN1CC2CCCCN2C1. The average Bonchev–Trinajstić information content (AvgIpc) is 2.48. The Balaban J connectivity index is 0.000000336. The van der Waals surface area contributed by atoms with E-state index in [4.69, 9.17) is 0 Å². The highest BCUT2D eigenvalue weighted by molar-refractivity contribution is 4.83. The van der Waals surface area contributed by atoms with Crippen LogP contribution in [0.2, 0.25) is 0 Å². The van der Waals surface area contributed by atoms with E-state index in [2.05, 4.69) is 16.8 Å². The maximum Gasteiger partial charge on any atom is 0.0507 e. The molecule has 2 rings (SSSR count). The van der Waals surface area contributed by atoms with Crippen LogP contribution < -0.4 is 0 Å². The van der Waals surface area contributed by atoms with E-state index in [1.807, 2.05) is 13.8 Å². The molecule has 0 aromatic heterocycles. The van der Waals surface area contributed by atoms with E-state index in [0.717, 1.165) is 6.04 Å². The summed E-state index contributed by atoms with van der Waals surface area (Å²) in [5, 5.41) is 0. The molecule has 0 saturated carbocycles. The summed E-state index contributed by atoms with van der Waals surface area (Å²) in [6, 6.07) is 0.902. The van der Waals surface area contributed by atoms with Crippen LogP contribution in [0.3, 0.4) is 0 Å². The molecule has 2 aliphatic rings. The molecule has 1 atom stereocenters. The van der Waals surface area contributed by atoms with Gasteiger partial charge in [-0.15, -0.1) is 0 Å². The van der Waals surface area contributed by atoms with Gasteiger partial charge in [-0.2, -0.15) is 0 Å². The van der Waals surface area contributed by atoms with Crippen molar-refractivity contribution in [2.24, 2.45) is 0 Å². The zero-order valence-electron chi connectivity index (χ0n) is 8.71. The van der Waals surface area contributed by atoms with Gasteiger partial charge in [0.1, 0.15) is 0 Å². The molecule has 2 heterocycles. The zero-order valence-corrected chi connectivity index (χ0v) is 8.71. The molecule has 2 aliphatic heterocycles. The number of nitrogens with zero attached hydrogens (tertiary/aromatic N) is 2. The predicted octanol–water partition coefficient (Wildman–Crippen LogP) is 1.77. The molecule has 2 saturated heterocycles. The van der Waals surface area contributed by atoms with Crippen LogP contribution in [0, 0.1) is 0 Å². The van der Waals surface area contributed by atoms with Crippen molar-refractivity contribution in [3.63, 3.8) is 0 Å². The Morgan fingerprint density at radius 2 is 1.92 bits per heavy atom. The monoisotopic (exact) mass is 170 g/mol. The molecular formula is C10H22N2. The Hall–Kier alpha value is -0.0800. The first-order valence-corrected chi connectivity index (χ1v) is 5.29. The molecule has 1 unspecified atom stereocenters. The lowest BCUT2D eigenvalue weighted by molar-refractivity contribution is 0.191. The van der Waals surface area contributed by atoms with Gasteiger partial charge in [-0.25, -0.2) is 0 Å². The second-order valence-corrected chi connectivity index (χ2v) is 3.64. The van der Waals surface area contributed by atoms with Gasteiger partial charge < -0.3 is 0 Å². The van der Waals surface area contributed by atoms with Crippen molar-refractivity contribution in [1.82, 2.24) is 9.80 Å². The number of hydrogen-bond donors (Lipinski definition) is 0. The van der Waals surface area contributed by atoms with Crippen LogP contribution in [0.1, 0.15) is 33.1 Å². The minimum absolute atomic E-state index is 0.902. The third-order valence-corrected chi connectivity index (χ3v) is 2.69. The van der Waals surface area contributed by atoms with Gasteiger partial charge in [0.2, 0.25) is 0 Å². The highest BCUT2D eigenvalue weighted by Gasteiger charge is 2.29. The number of likely N-dealkylation sites (N-methyl/N-ethyl adjacent to an activating group) is 1. The van der Waals surface area contributed by atoms with Crippen LogP contribution in [-0.2, 0) is 0 Å². The van der Waals surface area contributed by atoms with Crippen LogP contribution in [-0.4, -0.2) is 42.6 Å². The Kier molecular flexibility index (Phi) is 4.02. The van der Waals surface area contributed by atoms with Gasteiger partial charge in [0, 0.05) is 12.6 Å². The first kappa shape index (κ1) is 10.0. The van der Waals surface area contributed by atoms with E-state index in [9.17, 15) is 0 Å². The summed E-state index contributed by atoms with van der Waals surface area (Å²) < 4.78 is 0. The van der Waals surface area contributed by atoms with Crippen molar-refractivity contribution >= 4 is 0 Å². The van der Waals surface area contributed by atoms with Crippen molar-refractivity contribution in [2.75, 3.05) is 26.8 Å². The van der Waals surface area contributed by atoms with Crippen LogP contribution >= 0.6 is 0 Å². The van der Waals surface area contributed by atoms with Crippen molar-refractivity contribution in [1.29, 1.82) is 0 Å².